The van der Waals surface area contributed by atoms with Gasteiger partial charge in [0.2, 0.25) is 10.0 Å². The summed E-state index contributed by atoms with van der Waals surface area (Å²) < 4.78 is 36.4. The van der Waals surface area contributed by atoms with E-state index in [0.717, 1.165) is 18.1 Å². The second-order valence-corrected chi connectivity index (χ2v) is 8.31. The first kappa shape index (κ1) is 17.9. The Labute approximate surface area is 151 Å². The number of likely N-dealkylation sites (N-methyl/N-ethyl adjacent to an activating group) is 1. The van der Waals surface area contributed by atoms with E-state index in [1.807, 2.05) is 49.3 Å². The summed E-state index contributed by atoms with van der Waals surface area (Å²) in [7, 11) is 0.253. The average molecular weight is 377 g/mol. The maximum absolute atomic E-state index is 12.7. The molecule has 6 nitrogen and oxygen atoms in total. The zero-order chi connectivity index (χ0) is 17.9. The second-order valence-electron chi connectivity index (χ2n) is 6.05. The zero-order valence-corrected chi connectivity index (χ0v) is 15.7. The molecule has 0 aliphatic carbocycles. The number of rotatable bonds is 7. The molecule has 0 saturated carbocycles. The third kappa shape index (κ3) is 4.21. The Hall–Kier alpha value is -1.87. The Morgan fingerprint density at radius 1 is 1.08 bits per heavy atom. The van der Waals surface area contributed by atoms with Crippen LogP contribution >= 0.6 is 11.7 Å². The normalized spacial score (nSPS) is 13.4. The van der Waals surface area contributed by atoms with Gasteiger partial charge in [-0.2, -0.15) is 8.75 Å². The van der Waals surface area contributed by atoms with E-state index in [2.05, 4.69) is 13.5 Å². The summed E-state index contributed by atoms with van der Waals surface area (Å²) in [4.78, 5) is 2.21. The lowest BCUT2D eigenvalue weighted by atomic mass is 10.1. The van der Waals surface area contributed by atoms with Gasteiger partial charge < -0.3 is 4.90 Å². The predicted octanol–water partition coefficient (Wildman–Crippen LogP) is 2.14. The van der Waals surface area contributed by atoms with Gasteiger partial charge in [-0.1, -0.05) is 36.4 Å². The SMILES string of the molecule is CN(C)C(CNS(=O)(=O)c1cccc2nsnc12)Cc1ccccc1. The van der Waals surface area contributed by atoms with Crippen molar-refractivity contribution in [3.05, 3.63) is 54.1 Å². The summed E-state index contributed by atoms with van der Waals surface area (Å²) in [6, 6.07) is 15.1. The van der Waals surface area contributed by atoms with Crippen LogP contribution < -0.4 is 4.72 Å². The van der Waals surface area contributed by atoms with Crippen molar-refractivity contribution >= 4 is 32.8 Å². The van der Waals surface area contributed by atoms with Crippen molar-refractivity contribution < 1.29 is 8.42 Å². The van der Waals surface area contributed by atoms with Crippen molar-refractivity contribution in [1.82, 2.24) is 18.4 Å². The Morgan fingerprint density at radius 3 is 2.56 bits per heavy atom. The molecular weight excluding hydrogens is 356 g/mol. The molecule has 0 amide bonds. The van der Waals surface area contributed by atoms with Crippen LogP contribution in [0.3, 0.4) is 0 Å². The summed E-state index contributed by atoms with van der Waals surface area (Å²) in [6.45, 7) is 0.318. The molecule has 8 heteroatoms. The number of fused-ring (bicyclic) bond motifs is 1. The van der Waals surface area contributed by atoms with Crippen LogP contribution in [0.25, 0.3) is 11.0 Å². The van der Waals surface area contributed by atoms with Gasteiger partial charge in [0.25, 0.3) is 0 Å². The van der Waals surface area contributed by atoms with Crippen LogP contribution in [0.1, 0.15) is 5.56 Å². The minimum absolute atomic E-state index is 0.0462. The van der Waals surface area contributed by atoms with E-state index < -0.39 is 10.0 Å². The standard InChI is InChI=1S/C17H20N4O2S2/c1-21(2)14(11-13-7-4-3-5-8-13)12-18-25(22,23)16-10-6-9-15-17(16)20-24-19-15/h3-10,14,18H,11-12H2,1-2H3. The Bertz CT molecular complexity index is 939. The van der Waals surface area contributed by atoms with Crippen molar-refractivity contribution in [3.63, 3.8) is 0 Å². The third-order valence-electron chi connectivity index (χ3n) is 4.09. The van der Waals surface area contributed by atoms with Gasteiger partial charge in [0.05, 0.1) is 11.7 Å². The Balaban J connectivity index is 1.77. The molecule has 25 heavy (non-hydrogen) atoms. The summed E-state index contributed by atoms with van der Waals surface area (Å²) in [5.74, 6) is 0. The average Bonchev–Trinajstić information content (AvgIpc) is 3.07. The molecule has 1 heterocycles. The van der Waals surface area contributed by atoms with E-state index in [-0.39, 0.29) is 10.9 Å². The highest BCUT2D eigenvalue weighted by Gasteiger charge is 2.22. The molecule has 0 aliphatic rings. The lowest BCUT2D eigenvalue weighted by Gasteiger charge is -2.24. The van der Waals surface area contributed by atoms with E-state index in [1.165, 1.54) is 5.56 Å². The zero-order valence-electron chi connectivity index (χ0n) is 14.1. The van der Waals surface area contributed by atoms with Crippen molar-refractivity contribution in [2.75, 3.05) is 20.6 Å². The lowest BCUT2D eigenvalue weighted by molar-refractivity contribution is 0.291. The molecule has 0 bridgehead atoms. The minimum Gasteiger partial charge on any atom is -0.305 e. The smallest absolute Gasteiger partial charge is 0.242 e. The predicted molar refractivity (Wildman–Crippen MR) is 100 cm³/mol. The molecular formula is C17H20N4O2S2. The quantitative estimate of drug-likeness (QED) is 0.684. The fraction of sp³-hybridized carbons (Fsp3) is 0.294. The highest BCUT2D eigenvalue weighted by atomic mass is 32.2. The van der Waals surface area contributed by atoms with Gasteiger partial charge in [0, 0.05) is 12.6 Å². The number of benzene rings is 2. The molecule has 3 rings (SSSR count). The Morgan fingerprint density at radius 2 is 1.84 bits per heavy atom. The van der Waals surface area contributed by atoms with Crippen molar-refractivity contribution in [2.45, 2.75) is 17.4 Å². The third-order valence-corrected chi connectivity index (χ3v) is 6.09. The highest BCUT2D eigenvalue weighted by Crippen LogP contribution is 2.21. The van der Waals surface area contributed by atoms with Gasteiger partial charge in [-0.25, -0.2) is 13.1 Å². The molecule has 1 N–H and O–H groups in total. The molecule has 3 aromatic rings. The lowest BCUT2D eigenvalue weighted by Crippen LogP contribution is -2.41. The summed E-state index contributed by atoms with van der Waals surface area (Å²) in [5.41, 5.74) is 2.19. The molecule has 0 spiro atoms. The van der Waals surface area contributed by atoms with E-state index in [1.54, 1.807) is 18.2 Å². The van der Waals surface area contributed by atoms with Gasteiger partial charge in [0.15, 0.2) is 0 Å². The fourth-order valence-corrected chi connectivity index (χ4v) is 4.44. The summed E-state index contributed by atoms with van der Waals surface area (Å²) in [5, 5.41) is 0. The summed E-state index contributed by atoms with van der Waals surface area (Å²) in [6.07, 6.45) is 0.763. The van der Waals surface area contributed by atoms with Gasteiger partial charge in [0.1, 0.15) is 15.9 Å². The molecule has 0 aliphatic heterocycles. The molecule has 1 unspecified atom stereocenters. The molecule has 2 aromatic carbocycles. The molecule has 132 valence electrons. The van der Waals surface area contributed by atoms with E-state index >= 15 is 0 Å². The van der Waals surface area contributed by atoms with Crippen LogP contribution in [0.2, 0.25) is 0 Å². The molecule has 1 aromatic heterocycles. The van der Waals surface area contributed by atoms with Gasteiger partial charge in [-0.05, 0) is 38.2 Å². The van der Waals surface area contributed by atoms with Crippen LogP contribution in [-0.4, -0.2) is 48.7 Å². The van der Waals surface area contributed by atoms with Gasteiger partial charge in [-0.15, -0.1) is 0 Å². The van der Waals surface area contributed by atoms with Crippen LogP contribution in [0.4, 0.5) is 0 Å². The van der Waals surface area contributed by atoms with Crippen molar-refractivity contribution in [2.24, 2.45) is 0 Å². The van der Waals surface area contributed by atoms with Crippen LogP contribution in [-0.2, 0) is 16.4 Å². The molecule has 1 atom stereocenters. The number of aromatic nitrogens is 2. The number of sulfonamides is 1. The molecule has 0 radical (unpaired) electrons. The van der Waals surface area contributed by atoms with E-state index in [0.29, 0.717) is 17.6 Å². The van der Waals surface area contributed by atoms with Gasteiger partial charge in [-0.3, -0.25) is 0 Å². The molecule has 0 fully saturated rings. The topological polar surface area (TPSA) is 75.2 Å². The number of nitrogens with zero attached hydrogens (tertiary/aromatic N) is 3. The first-order valence-electron chi connectivity index (χ1n) is 7.88. The maximum Gasteiger partial charge on any atom is 0.242 e. The number of hydrogen-bond acceptors (Lipinski definition) is 6. The van der Waals surface area contributed by atoms with Crippen LogP contribution in [0.15, 0.2) is 53.4 Å². The van der Waals surface area contributed by atoms with E-state index in [4.69, 9.17) is 0 Å². The van der Waals surface area contributed by atoms with Crippen LogP contribution in [0.5, 0.6) is 0 Å². The Kier molecular flexibility index (Phi) is 5.43. The van der Waals surface area contributed by atoms with Gasteiger partial charge >= 0.3 is 0 Å². The monoisotopic (exact) mass is 376 g/mol. The molecule has 0 saturated heterocycles. The fourth-order valence-electron chi connectivity index (χ4n) is 2.61. The van der Waals surface area contributed by atoms with Crippen LogP contribution in [0, 0.1) is 0 Å². The number of nitrogens with one attached hydrogen (secondary N) is 1. The van der Waals surface area contributed by atoms with E-state index in [9.17, 15) is 8.42 Å². The van der Waals surface area contributed by atoms with Crippen molar-refractivity contribution in [3.8, 4) is 0 Å². The highest BCUT2D eigenvalue weighted by molar-refractivity contribution is 7.89. The maximum atomic E-state index is 12.7. The first-order chi connectivity index (χ1) is 12.0. The number of hydrogen-bond donors (Lipinski definition) is 1. The van der Waals surface area contributed by atoms with Crippen molar-refractivity contribution in [1.29, 1.82) is 0 Å². The summed E-state index contributed by atoms with van der Waals surface area (Å²) >= 11 is 1.01. The largest absolute Gasteiger partial charge is 0.305 e. The first-order valence-corrected chi connectivity index (χ1v) is 10.1. The second kappa shape index (κ2) is 7.57. The minimum atomic E-state index is -3.65.